The molecule has 0 unspecified atom stereocenters. The van der Waals surface area contributed by atoms with Gasteiger partial charge in [0, 0.05) is 30.3 Å². The van der Waals surface area contributed by atoms with Crippen molar-refractivity contribution >= 4 is 29.3 Å². The summed E-state index contributed by atoms with van der Waals surface area (Å²) in [5.74, 6) is -1.31. The molecule has 1 amide bonds. The number of hydrogen-bond donors (Lipinski definition) is 0. The highest BCUT2D eigenvalue weighted by Gasteiger charge is 2.48. The zero-order valence-corrected chi connectivity index (χ0v) is 17.1. The first-order valence-corrected chi connectivity index (χ1v) is 9.75. The van der Waals surface area contributed by atoms with Gasteiger partial charge in [-0.3, -0.25) is 14.6 Å². The lowest BCUT2D eigenvalue weighted by atomic mass is 9.74. The van der Waals surface area contributed by atoms with Crippen molar-refractivity contribution in [1.82, 2.24) is 14.9 Å². The topological polar surface area (TPSA) is 89.5 Å². The Bertz CT molecular complexity index is 932. The molecule has 1 atom stereocenters. The second-order valence-electron chi connectivity index (χ2n) is 7.04. The minimum Gasteiger partial charge on any atom is -0.451 e. The molecular weight excluding hydrogens is 394 g/mol. The van der Waals surface area contributed by atoms with E-state index in [-0.39, 0.29) is 11.5 Å². The van der Waals surface area contributed by atoms with Gasteiger partial charge in [-0.15, -0.1) is 0 Å². The van der Waals surface area contributed by atoms with E-state index >= 15 is 0 Å². The van der Waals surface area contributed by atoms with Crippen LogP contribution < -0.4 is 0 Å². The first-order chi connectivity index (χ1) is 13.9. The standard InChI is InChI=1S/C21H22ClN3O4/c1-14-11-24-17(12-23-14)20(28)29-13-19(27)25(2)21(10-6-5-9-18(21)26)15-7-3-4-8-16(15)22/h3-4,7-8,11-12H,5-6,9-10,13H2,1-2H3/t21-/m1/s1. The van der Waals surface area contributed by atoms with Crippen molar-refractivity contribution in [2.75, 3.05) is 13.7 Å². The van der Waals surface area contributed by atoms with E-state index in [2.05, 4.69) is 9.97 Å². The lowest BCUT2D eigenvalue weighted by molar-refractivity contribution is -0.150. The number of nitrogens with zero attached hydrogens (tertiary/aromatic N) is 3. The number of carbonyl (C=O) groups excluding carboxylic acids is 3. The molecule has 0 saturated heterocycles. The number of aryl methyl sites for hydroxylation is 1. The fourth-order valence-electron chi connectivity index (χ4n) is 3.64. The first kappa shape index (κ1) is 20.9. The summed E-state index contributed by atoms with van der Waals surface area (Å²) in [5, 5.41) is 0.425. The maximum atomic E-state index is 13.0. The molecule has 3 rings (SSSR count). The van der Waals surface area contributed by atoms with Gasteiger partial charge in [0.05, 0.1) is 11.9 Å². The van der Waals surface area contributed by atoms with E-state index in [1.807, 2.05) is 0 Å². The van der Waals surface area contributed by atoms with Crippen LogP contribution in [0.2, 0.25) is 5.02 Å². The Hall–Kier alpha value is -2.80. The average molecular weight is 416 g/mol. The number of aromatic nitrogens is 2. The Kier molecular flexibility index (Phi) is 6.27. The average Bonchev–Trinajstić information content (AvgIpc) is 2.73. The predicted octanol–water partition coefficient (Wildman–Crippen LogP) is 3.09. The fourth-order valence-corrected chi connectivity index (χ4v) is 3.93. The van der Waals surface area contributed by atoms with Crippen LogP contribution in [0.5, 0.6) is 0 Å². The molecule has 29 heavy (non-hydrogen) atoms. The summed E-state index contributed by atoms with van der Waals surface area (Å²) in [6, 6.07) is 7.04. The molecule has 7 nitrogen and oxygen atoms in total. The van der Waals surface area contributed by atoms with Crippen molar-refractivity contribution in [2.24, 2.45) is 0 Å². The number of ketones is 1. The highest BCUT2D eigenvalue weighted by atomic mass is 35.5. The van der Waals surface area contributed by atoms with Crippen molar-refractivity contribution in [3.63, 3.8) is 0 Å². The first-order valence-electron chi connectivity index (χ1n) is 9.37. The van der Waals surface area contributed by atoms with E-state index in [1.54, 1.807) is 38.2 Å². The molecule has 1 aliphatic carbocycles. The summed E-state index contributed by atoms with van der Waals surface area (Å²) in [4.78, 5) is 47.4. The van der Waals surface area contributed by atoms with Gasteiger partial charge in [-0.05, 0) is 32.3 Å². The van der Waals surface area contributed by atoms with E-state index in [4.69, 9.17) is 16.3 Å². The van der Waals surface area contributed by atoms with Crippen molar-refractivity contribution in [3.05, 3.63) is 58.6 Å². The molecule has 1 aromatic heterocycles. The maximum absolute atomic E-state index is 13.0. The van der Waals surface area contributed by atoms with E-state index < -0.39 is 24.0 Å². The third-order valence-electron chi connectivity index (χ3n) is 5.24. The minimum atomic E-state index is -1.16. The van der Waals surface area contributed by atoms with Crippen LogP contribution in [-0.2, 0) is 19.9 Å². The second-order valence-corrected chi connectivity index (χ2v) is 7.45. The van der Waals surface area contributed by atoms with Crippen LogP contribution in [0.1, 0.15) is 47.4 Å². The lowest BCUT2D eigenvalue weighted by Gasteiger charge is -2.43. The number of amides is 1. The molecular formula is C21H22ClN3O4. The number of esters is 1. The quantitative estimate of drug-likeness (QED) is 0.697. The molecule has 8 heteroatoms. The third-order valence-corrected chi connectivity index (χ3v) is 5.57. The molecule has 1 saturated carbocycles. The Morgan fingerprint density at radius 1 is 1.21 bits per heavy atom. The van der Waals surface area contributed by atoms with Crippen molar-refractivity contribution in [2.45, 2.75) is 38.1 Å². The summed E-state index contributed by atoms with van der Waals surface area (Å²) in [6.07, 6.45) is 5.12. The molecule has 0 spiro atoms. The highest BCUT2D eigenvalue weighted by Crippen LogP contribution is 2.42. The highest BCUT2D eigenvalue weighted by molar-refractivity contribution is 6.31. The third kappa shape index (κ3) is 4.15. The smallest absolute Gasteiger partial charge is 0.359 e. The molecule has 1 heterocycles. The number of halogens is 1. The van der Waals surface area contributed by atoms with Crippen LogP contribution in [0.15, 0.2) is 36.7 Å². The van der Waals surface area contributed by atoms with Gasteiger partial charge in [0.2, 0.25) is 0 Å². The van der Waals surface area contributed by atoms with Gasteiger partial charge in [0.25, 0.3) is 5.91 Å². The van der Waals surface area contributed by atoms with Crippen LogP contribution in [0.25, 0.3) is 0 Å². The maximum Gasteiger partial charge on any atom is 0.359 e. The molecule has 0 aliphatic heterocycles. The Balaban J connectivity index is 1.81. The monoisotopic (exact) mass is 415 g/mol. The van der Waals surface area contributed by atoms with Crippen molar-refractivity contribution in [3.8, 4) is 0 Å². The second kappa shape index (κ2) is 8.69. The van der Waals surface area contributed by atoms with Gasteiger partial charge in [-0.1, -0.05) is 29.8 Å². The van der Waals surface area contributed by atoms with Crippen LogP contribution in [0.3, 0.4) is 0 Å². The zero-order chi connectivity index (χ0) is 21.0. The normalized spacial score (nSPS) is 18.9. The van der Waals surface area contributed by atoms with E-state index in [0.717, 1.165) is 12.8 Å². The Labute approximate surface area is 174 Å². The number of likely N-dealkylation sites (N-methyl/N-ethyl adjacent to an activating group) is 1. The van der Waals surface area contributed by atoms with Gasteiger partial charge in [0.15, 0.2) is 18.1 Å². The number of Topliss-reactive ketones (excluding diaryl/α,β-unsaturated/α-hetero) is 1. The van der Waals surface area contributed by atoms with Crippen LogP contribution in [0, 0.1) is 6.92 Å². The predicted molar refractivity (Wildman–Crippen MR) is 106 cm³/mol. The number of rotatable bonds is 5. The lowest BCUT2D eigenvalue weighted by Crippen LogP contribution is -2.55. The number of carbonyl (C=O) groups is 3. The number of ether oxygens (including phenoxy) is 1. The summed E-state index contributed by atoms with van der Waals surface area (Å²) in [7, 11) is 1.55. The fraction of sp³-hybridized carbons (Fsp3) is 0.381. The van der Waals surface area contributed by atoms with E-state index in [1.165, 1.54) is 17.3 Å². The molecule has 0 N–H and O–H groups in total. The summed E-state index contributed by atoms with van der Waals surface area (Å²) >= 11 is 6.39. The SMILES string of the molecule is Cc1cnc(C(=O)OCC(=O)N(C)[C@@]2(c3ccccc3Cl)CCCCC2=O)cn1. The van der Waals surface area contributed by atoms with E-state index in [9.17, 15) is 14.4 Å². The summed E-state index contributed by atoms with van der Waals surface area (Å²) in [5.41, 5.74) is 0.109. The molecule has 0 bridgehead atoms. The van der Waals surface area contributed by atoms with Gasteiger partial charge in [0.1, 0.15) is 5.54 Å². The largest absolute Gasteiger partial charge is 0.451 e. The summed E-state index contributed by atoms with van der Waals surface area (Å²) < 4.78 is 5.11. The minimum absolute atomic E-state index is 0.0145. The molecule has 2 aromatic rings. The number of hydrogen-bond acceptors (Lipinski definition) is 6. The number of benzene rings is 1. The van der Waals surface area contributed by atoms with Crippen molar-refractivity contribution in [1.29, 1.82) is 0 Å². The van der Waals surface area contributed by atoms with Crippen molar-refractivity contribution < 1.29 is 19.1 Å². The van der Waals surface area contributed by atoms with Gasteiger partial charge in [-0.2, -0.15) is 0 Å². The molecule has 0 radical (unpaired) electrons. The zero-order valence-electron chi connectivity index (χ0n) is 16.4. The molecule has 1 aromatic carbocycles. The van der Waals surface area contributed by atoms with Gasteiger partial charge in [-0.25, -0.2) is 9.78 Å². The Morgan fingerprint density at radius 2 is 1.97 bits per heavy atom. The van der Waals surface area contributed by atoms with Gasteiger partial charge >= 0.3 is 5.97 Å². The van der Waals surface area contributed by atoms with Crippen LogP contribution >= 0.6 is 11.6 Å². The molecule has 1 aliphatic rings. The summed E-state index contributed by atoms with van der Waals surface area (Å²) in [6.45, 7) is 1.24. The van der Waals surface area contributed by atoms with Gasteiger partial charge < -0.3 is 9.64 Å². The van der Waals surface area contributed by atoms with E-state index in [0.29, 0.717) is 29.1 Å². The van der Waals surface area contributed by atoms with Crippen LogP contribution in [0.4, 0.5) is 0 Å². The van der Waals surface area contributed by atoms with Crippen LogP contribution in [-0.4, -0.2) is 46.2 Å². The molecule has 152 valence electrons. The Morgan fingerprint density at radius 3 is 2.62 bits per heavy atom. The molecule has 1 fully saturated rings.